The molecule has 0 atom stereocenters. The predicted molar refractivity (Wildman–Crippen MR) is 113 cm³/mol. The largest absolute Gasteiger partial charge is 0.369 e. The van der Waals surface area contributed by atoms with E-state index in [4.69, 9.17) is 0 Å². The van der Waals surface area contributed by atoms with Gasteiger partial charge in [0, 0.05) is 51.7 Å². The van der Waals surface area contributed by atoms with Crippen LogP contribution in [0.15, 0.2) is 46.6 Å². The van der Waals surface area contributed by atoms with E-state index in [1.165, 1.54) is 34.2 Å². The summed E-state index contributed by atoms with van der Waals surface area (Å²) in [6.07, 6.45) is 6.92. The lowest BCUT2D eigenvalue weighted by Gasteiger charge is -2.35. The highest BCUT2D eigenvalue weighted by Crippen LogP contribution is 2.30. The molecule has 1 saturated carbocycles. The van der Waals surface area contributed by atoms with Crippen molar-refractivity contribution in [1.82, 2.24) is 23.6 Å². The van der Waals surface area contributed by atoms with E-state index in [2.05, 4.69) is 15.0 Å². The molecule has 1 aliphatic carbocycles. The minimum absolute atomic E-state index is 0.00540. The first-order valence-electron chi connectivity index (χ1n) is 10.1. The molecule has 30 heavy (non-hydrogen) atoms. The molecule has 0 N–H and O–H groups in total. The summed E-state index contributed by atoms with van der Waals surface area (Å²) in [5.74, 6) is 0.612. The molecule has 0 spiro atoms. The standard InChI is InChI=1S/C20H24N6O3S/c1-23-13-17(11-22-23)30(28,29)26-8-6-24(7-9-26)16-4-5-18-19(10-16)21-14-25(20(18)27)12-15-2-3-15/h4-5,10-11,13-15H,2-3,6-9,12H2,1H3. The minimum Gasteiger partial charge on any atom is -0.369 e. The summed E-state index contributed by atoms with van der Waals surface area (Å²) in [4.78, 5) is 19.5. The second-order valence-corrected chi connectivity index (χ2v) is 10.0. The molecule has 9 nitrogen and oxygen atoms in total. The van der Waals surface area contributed by atoms with Crippen LogP contribution < -0.4 is 10.5 Å². The molecule has 2 fully saturated rings. The maximum absolute atomic E-state index is 12.8. The molecule has 1 saturated heterocycles. The summed E-state index contributed by atoms with van der Waals surface area (Å²) in [6.45, 7) is 2.68. The molecule has 1 aliphatic heterocycles. The van der Waals surface area contributed by atoms with E-state index < -0.39 is 10.0 Å². The van der Waals surface area contributed by atoms with Crippen molar-refractivity contribution in [3.05, 3.63) is 47.3 Å². The highest BCUT2D eigenvalue weighted by Gasteiger charge is 2.29. The van der Waals surface area contributed by atoms with Crippen LogP contribution in [0.5, 0.6) is 0 Å². The third-order valence-electron chi connectivity index (χ3n) is 5.88. The van der Waals surface area contributed by atoms with Crippen molar-refractivity contribution in [2.45, 2.75) is 24.3 Å². The van der Waals surface area contributed by atoms with Crippen LogP contribution in [0.1, 0.15) is 12.8 Å². The van der Waals surface area contributed by atoms with Crippen LogP contribution in [-0.4, -0.2) is 58.2 Å². The van der Waals surface area contributed by atoms with Gasteiger partial charge in [-0.3, -0.25) is 14.0 Å². The topological polar surface area (TPSA) is 93.3 Å². The van der Waals surface area contributed by atoms with E-state index in [1.54, 1.807) is 17.9 Å². The number of aryl methyl sites for hydroxylation is 1. The van der Waals surface area contributed by atoms with E-state index in [9.17, 15) is 13.2 Å². The van der Waals surface area contributed by atoms with Crippen LogP contribution in [0.2, 0.25) is 0 Å². The van der Waals surface area contributed by atoms with Gasteiger partial charge < -0.3 is 4.90 Å². The number of sulfonamides is 1. The second-order valence-electron chi connectivity index (χ2n) is 8.09. The fourth-order valence-corrected chi connectivity index (χ4v) is 5.33. The number of hydrogen-bond donors (Lipinski definition) is 0. The monoisotopic (exact) mass is 428 g/mol. The van der Waals surface area contributed by atoms with E-state index in [1.807, 2.05) is 18.2 Å². The zero-order chi connectivity index (χ0) is 20.9. The Balaban J connectivity index is 1.32. The van der Waals surface area contributed by atoms with Gasteiger partial charge in [-0.25, -0.2) is 13.4 Å². The van der Waals surface area contributed by atoms with E-state index in [-0.39, 0.29) is 10.5 Å². The first kappa shape index (κ1) is 19.3. The molecule has 0 radical (unpaired) electrons. The van der Waals surface area contributed by atoms with Crippen molar-refractivity contribution in [3.8, 4) is 0 Å². The summed E-state index contributed by atoms with van der Waals surface area (Å²) in [5.41, 5.74) is 1.63. The SMILES string of the molecule is Cn1cc(S(=O)(=O)N2CCN(c3ccc4c(=O)n(CC5CC5)cnc4c3)CC2)cn1. The maximum Gasteiger partial charge on any atom is 0.261 e. The third-order valence-corrected chi connectivity index (χ3v) is 7.73. The molecule has 0 amide bonds. The van der Waals surface area contributed by atoms with Crippen LogP contribution >= 0.6 is 0 Å². The highest BCUT2D eigenvalue weighted by molar-refractivity contribution is 7.89. The summed E-state index contributed by atoms with van der Waals surface area (Å²) >= 11 is 0. The number of aromatic nitrogens is 4. The molecule has 2 aliphatic rings. The van der Waals surface area contributed by atoms with E-state index in [0.717, 1.165) is 12.2 Å². The third kappa shape index (κ3) is 3.50. The number of hydrogen-bond acceptors (Lipinski definition) is 6. The molecule has 0 bridgehead atoms. The Hall–Kier alpha value is -2.72. The van der Waals surface area contributed by atoms with Crippen LogP contribution in [0.4, 0.5) is 5.69 Å². The van der Waals surface area contributed by atoms with Gasteiger partial charge in [-0.1, -0.05) is 0 Å². The minimum atomic E-state index is -3.53. The van der Waals surface area contributed by atoms with Gasteiger partial charge in [0.2, 0.25) is 10.0 Å². The van der Waals surface area contributed by atoms with Crippen molar-refractivity contribution in [1.29, 1.82) is 0 Å². The van der Waals surface area contributed by atoms with Gasteiger partial charge in [0.25, 0.3) is 5.56 Å². The van der Waals surface area contributed by atoms with Gasteiger partial charge in [-0.2, -0.15) is 9.40 Å². The number of benzene rings is 1. The lowest BCUT2D eigenvalue weighted by atomic mass is 10.2. The normalized spacial score (nSPS) is 18.2. The van der Waals surface area contributed by atoms with Gasteiger partial charge in [-0.15, -0.1) is 0 Å². The number of piperazine rings is 1. The Kier molecular flexibility index (Phi) is 4.62. The van der Waals surface area contributed by atoms with Crippen molar-refractivity contribution in [3.63, 3.8) is 0 Å². The smallest absolute Gasteiger partial charge is 0.261 e. The van der Waals surface area contributed by atoms with Gasteiger partial charge in [0.15, 0.2) is 0 Å². The van der Waals surface area contributed by atoms with E-state index >= 15 is 0 Å². The first-order chi connectivity index (χ1) is 14.4. The molecule has 0 unspecified atom stereocenters. The molecular weight excluding hydrogens is 404 g/mol. The van der Waals surface area contributed by atoms with E-state index in [0.29, 0.717) is 43.0 Å². The molecular formula is C20H24N6O3S. The number of anilines is 1. The van der Waals surface area contributed by atoms with Gasteiger partial charge in [-0.05, 0) is 37.0 Å². The fraction of sp³-hybridized carbons (Fsp3) is 0.450. The average molecular weight is 429 g/mol. The van der Waals surface area contributed by atoms with Crippen LogP contribution in [0.3, 0.4) is 0 Å². The summed E-state index contributed by atoms with van der Waals surface area (Å²) in [7, 11) is -1.83. The molecule has 5 rings (SSSR count). The summed E-state index contributed by atoms with van der Waals surface area (Å²) in [5, 5.41) is 4.59. The van der Waals surface area contributed by atoms with Gasteiger partial charge in [0.1, 0.15) is 4.90 Å². The molecule has 3 aromatic rings. The van der Waals surface area contributed by atoms with Crippen LogP contribution in [0.25, 0.3) is 10.9 Å². The highest BCUT2D eigenvalue weighted by atomic mass is 32.2. The van der Waals surface area contributed by atoms with Gasteiger partial charge in [0.05, 0.1) is 23.4 Å². The number of fused-ring (bicyclic) bond motifs is 1. The predicted octanol–water partition coefficient (Wildman–Crippen LogP) is 1.05. The summed E-state index contributed by atoms with van der Waals surface area (Å²) < 4.78 is 30.2. The first-order valence-corrected chi connectivity index (χ1v) is 11.6. The van der Waals surface area contributed by atoms with Crippen molar-refractivity contribution in [2.24, 2.45) is 13.0 Å². The maximum atomic E-state index is 12.8. The zero-order valence-electron chi connectivity index (χ0n) is 16.8. The zero-order valence-corrected chi connectivity index (χ0v) is 17.6. The Labute approximate surface area is 174 Å². The quantitative estimate of drug-likeness (QED) is 0.603. The molecule has 2 aromatic heterocycles. The Bertz CT molecular complexity index is 1250. The Morgan fingerprint density at radius 3 is 2.57 bits per heavy atom. The fourth-order valence-electron chi connectivity index (χ4n) is 3.92. The lowest BCUT2D eigenvalue weighted by molar-refractivity contribution is 0.385. The van der Waals surface area contributed by atoms with Crippen molar-refractivity contribution >= 4 is 26.6 Å². The van der Waals surface area contributed by atoms with Crippen molar-refractivity contribution < 1.29 is 8.42 Å². The average Bonchev–Trinajstić information content (AvgIpc) is 3.46. The Morgan fingerprint density at radius 2 is 1.90 bits per heavy atom. The van der Waals surface area contributed by atoms with Crippen LogP contribution in [-0.2, 0) is 23.6 Å². The molecule has 158 valence electrons. The summed E-state index contributed by atoms with van der Waals surface area (Å²) in [6, 6.07) is 5.68. The second kappa shape index (κ2) is 7.21. The molecule has 1 aromatic carbocycles. The lowest BCUT2D eigenvalue weighted by Crippen LogP contribution is -2.48. The Morgan fingerprint density at radius 1 is 1.13 bits per heavy atom. The van der Waals surface area contributed by atoms with Crippen molar-refractivity contribution in [2.75, 3.05) is 31.1 Å². The molecule has 10 heteroatoms. The molecule has 3 heterocycles. The van der Waals surface area contributed by atoms with Crippen LogP contribution in [0, 0.1) is 5.92 Å². The number of nitrogens with zero attached hydrogens (tertiary/aromatic N) is 6. The number of rotatable bonds is 5. The van der Waals surface area contributed by atoms with Gasteiger partial charge >= 0.3 is 0 Å².